The molecule has 1 heterocycles. The average molecular weight is 561 g/mol. The van der Waals surface area contributed by atoms with Gasteiger partial charge < -0.3 is 19.7 Å². The van der Waals surface area contributed by atoms with Crippen LogP contribution in [0.4, 0.5) is 4.39 Å². The molecule has 1 aliphatic rings. The molecule has 0 atom stereocenters. The number of carboxylic acid groups (broad SMARTS) is 2. The van der Waals surface area contributed by atoms with Crippen molar-refractivity contribution in [2.24, 2.45) is 0 Å². The molecule has 208 valence electrons. The van der Waals surface area contributed by atoms with Crippen molar-refractivity contribution >= 4 is 22.0 Å². The highest BCUT2D eigenvalue weighted by Crippen LogP contribution is 2.30. The van der Waals surface area contributed by atoms with Crippen LogP contribution in [0.15, 0.2) is 77.7 Å². The fourth-order valence-corrected chi connectivity index (χ4v) is 5.23. The first-order valence-corrected chi connectivity index (χ1v) is 13.3. The van der Waals surface area contributed by atoms with Crippen molar-refractivity contribution in [3.05, 3.63) is 89.7 Å². The van der Waals surface area contributed by atoms with Crippen LogP contribution in [0.1, 0.15) is 11.1 Å². The van der Waals surface area contributed by atoms with Crippen molar-refractivity contribution in [2.75, 3.05) is 33.3 Å². The van der Waals surface area contributed by atoms with Gasteiger partial charge in [0.1, 0.15) is 12.4 Å². The van der Waals surface area contributed by atoms with Crippen LogP contribution < -0.4 is 9.47 Å². The van der Waals surface area contributed by atoms with Crippen molar-refractivity contribution in [1.29, 1.82) is 0 Å². The van der Waals surface area contributed by atoms with Crippen molar-refractivity contribution < 1.29 is 42.1 Å². The Morgan fingerprint density at radius 1 is 0.846 bits per heavy atom. The van der Waals surface area contributed by atoms with E-state index in [0.717, 1.165) is 11.1 Å². The quantitative estimate of drug-likeness (QED) is 0.399. The van der Waals surface area contributed by atoms with Crippen LogP contribution in [0.2, 0.25) is 0 Å². The summed E-state index contributed by atoms with van der Waals surface area (Å²) in [4.78, 5) is 20.5. The van der Waals surface area contributed by atoms with Crippen LogP contribution in [0.25, 0.3) is 0 Å². The Hall–Kier alpha value is -4.00. The zero-order valence-electron chi connectivity index (χ0n) is 21.2. The van der Waals surface area contributed by atoms with E-state index in [1.165, 1.54) is 28.6 Å². The van der Waals surface area contributed by atoms with Crippen LogP contribution in [0.3, 0.4) is 0 Å². The van der Waals surface area contributed by atoms with E-state index in [1.807, 2.05) is 48.5 Å². The van der Waals surface area contributed by atoms with Gasteiger partial charge in [0.15, 0.2) is 11.5 Å². The third kappa shape index (κ3) is 8.50. The van der Waals surface area contributed by atoms with E-state index in [1.54, 1.807) is 7.11 Å². The van der Waals surface area contributed by atoms with Crippen LogP contribution >= 0.6 is 0 Å². The molecule has 0 saturated carbocycles. The van der Waals surface area contributed by atoms with Gasteiger partial charge in [-0.3, -0.25) is 4.90 Å². The van der Waals surface area contributed by atoms with E-state index in [4.69, 9.17) is 29.3 Å². The smallest absolute Gasteiger partial charge is 0.414 e. The fraction of sp³-hybridized carbons (Fsp3) is 0.259. The molecule has 3 aromatic carbocycles. The molecule has 0 amide bonds. The summed E-state index contributed by atoms with van der Waals surface area (Å²) < 4.78 is 51.7. The van der Waals surface area contributed by atoms with Crippen LogP contribution in [0.5, 0.6) is 11.5 Å². The number of nitrogens with zero attached hydrogens (tertiary/aromatic N) is 2. The number of carbonyl (C=O) groups is 2. The van der Waals surface area contributed by atoms with Gasteiger partial charge in [0, 0.05) is 32.7 Å². The number of ether oxygens (including phenoxy) is 2. The number of carboxylic acids is 2. The van der Waals surface area contributed by atoms with Gasteiger partial charge in [0.05, 0.1) is 12.0 Å². The first-order valence-electron chi connectivity index (χ1n) is 11.9. The molecule has 0 spiro atoms. The van der Waals surface area contributed by atoms with Gasteiger partial charge >= 0.3 is 11.9 Å². The topological polar surface area (TPSA) is 134 Å². The first kappa shape index (κ1) is 29.6. The highest BCUT2D eigenvalue weighted by molar-refractivity contribution is 7.89. The van der Waals surface area contributed by atoms with E-state index in [2.05, 4.69) is 4.90 Å². The van der Waals surface area contributed by atoms with E-state index >= 15 is 0 Å². The van der Waals surface area contributed by atoms with Gasteiger partial charge in [0.2, 0.25) is 10.0 Å². The summed E-state index contributed by atoms with van der Waals surface area (Å²) in [6, 6.07) is 20.8. The Bertz CT molecular complexity index is 1350. The summed E-state index contributed by atoms with van der Waals surface area (Å²) in [7, 11) is -2.00. The number of methoxy groups -OCH3 is 1. The molecular weight excluding hydrogens is 531 g/mol. The summed E-state index contributed by atoms with van der Waals surface area (Å²) in [6.45, 7) is 3.09. The number of piperazine rings is 1. The molecule has 1 fully saturated rings. The van der Waals surface area contributed by atoms with Crippen molar-refractivity contribution in [3.8, 4) is 11.5 Å². The highest BCUT2D eigenvalue weighted by Gasteiger charge is 2.28. The number of aliphatic carboxylic acids is 2. The summed E-state index contributed by atoms with van der Waals surface area (Å²) >= 11 is 0. The zero-order chi connectivity index (χ0) is 28.4. The number of halogens is 1. The molecule has 2 N–H and O–H groups in total. The molecule has 1 aliphatic heterocycles. The number of hydrogen-bond acceptors (Lipinski definition) is 7. The van der Waals surface area contributed by atoms with E-state index < -0.39 is 27.8 Å². The average Bonchev–Trinajstić information content (AvgIpc) is 2.93. The molecule has 0 aliphatic carbocycles. The lowest BCUT2D eigenvalue weighted by Crippen LogP contribution is -2.48. The second kappa shape index (κ2) is 13.7. The molecule has 4 rings (SSSR count). The van der Waals surface area contributed by atoms with Crippen LogP contribution in [-0.2, 0) is 32.8 Å². The maximum absolute atomic E-state index is 13.2. The molecular formula is C27H29FN2O8S. The first-order chi connectivity index (χ1) is 18.6. The Morgan fingerprint density at radius 3 is 2.03 bits per heavy atom. The minimum atomic E-state index is -3.62. The lowest BCUT2D eigenvalue weighted by Gasteiger charge is -2.34. The second-order valence-electron chi connectivity index (χ2n) is 8.50. The van der Waals surface area contributed by atoms with E-state index in [9.17, 15) is 12.8 Å². The van der Waals surface area contributed by atoms with Gasteiger partial charge in [-0.1, -0.05) is 36.4 Å². The number of benzene rings is 3. The summed E-state index contributed by atoms with van der Waals surface area (Å²) in [5.41, 5.74) is 2.14. The molecule has 0 aromatic heterocycles. The van der Waals surface area contributed by atoms with Gasteiger partial charge in [-0.25, -0.2) is 22.4 Å². The predicted octanol–water partition coefficient (Wildman–Crippen LogP) is 3.08. The minimum absolute atomic E-state index is 0.118. The van der Waals surface area contributed by atoms with E-state index in [0.29, 0.717) is 50.8 Å². The van der Waals surface area contributed by atoms with Gasteiger partial charge in [0.25, 0.3) is 0 Å². The molecule has 3 aromatic rings. The third-order valence-electron chi connectivity index (χ3n) is 5.84. The molecule has 12 heteroatoms. The SMILES string of the molecule is COc1ccc(CN2CCN(S(=O)(=O)c3ccc(F)cc3)CC2)cc1OCc1ccccc1.O=C(O)C(=O)O. The lowest BCUT2D eigenvalue weighted by atomic mass is 10.1. The fourth-order valence-electron chi connectivity index (χ4n) is 3.81. The molecule has 1 saturated heterocycles. The normalized spacial score (nSPS) is 14.1. The monoisotopic (exact) mass is 560 g/mol. The van der Waals surface area contributed by atoms with Crippen LogP contribution in [0, 0.1) is 5.82 Å². The zero-order valence-corrected chi connectivity index (χ0v) is 22.0. The number of rotatable bonds is 8. The molecule has 0 radical (unpaired) electrons. The van der Waals surface area contributed by atoms with Gasteiger partial charge in [-0.2, -0.15) is 4.31 Å². The summed E-state index contributed by atoms with van der Waals surface area (Å²) in [5.74, 6) is -2.75. The lowest BCUT2D eigenvalue weighted by molar-refractivity contribution is -0.159. The summed E-state index contributed by atoms with van der Waals surface area (Å²) in [5, 5.41) is 14.8. The molecule has 10 nitrogen and oxygen atoms in total. The molecule has 39 heavy (non-hydrogen) atoms. The highest BCUT2D eigenvalue weighted by atomic mass is 32.2. The Labute approximate surface area is 225 Å². The third-order valence-corrected chi connectivity index (χ3v) is 7.75. The standard InChI is InChI=1S/C25H27FN2O4S.C2H2O4/c1-31-24-12-7-21(17-25(24)32-19-20-5-3-2-4-6-20)18-27-13-15-28(16-14-27)33(29,30)23-10-8-22(26)9-11-23;3-1(4)2(5)6/h2-12,17H,13-16,18-19H2,1H3;(H,3,4)(H,5,6). The van der Waals surface area contributed by atoms with Crippen molar-refractivity contribution in [1.82, 2.24) is 9.21 Å². The van der Waals surface area contributed by atoms with Gasteiger partial charge in [-0.05, 0) is 47.5 Å². The Kier molecular flexibility index (Phi) is 10.4. The van der Waals surface area contributed by atoms with E-state index in [-0.39, 0.29) is 4.90 Å². The maximum atomic E-state index is 13.2. The Balaban J connectivity index is 0.000000631. The maximum Gasteiger partial charge on any atom is 0.414 e. The predicted molar refractivity (Wildman–Crippen MR) is 139 cm³/mol. The second-order valence-corrected chi connectivity index (χ2v) is 10.4. The number of hydrogen-bond donors (Lipinski definition) is 2. The van der Waals surface area contributed by atoms with Crippen molar-refractivity contribution in [2.45, 2.75) is 18.0 Å². The summed E-state index contributed by atoms with van der Waals surface area (Å²) in [6.07, 6.45) is 0. The largest absolute Gasteiger partial charge is 0.493 e. The molecule has 0 unspecified atom stereocenters. The minimum Gasteiger partial charge on any atom is -0.493 e. The van der Waals surface area contributed by atoms with Crippen LogP contribution in [-0.4, -0.2) is 73.1 Å². The van der Waals surface area contributed by atoms with Gasteiger partial charge in [-0.15, -0.1) is 0 Å². The molecule has 0 bridgehead atoms. The van der Waals surface area contributed by atoms with Crippen molar-refractivity contribution in [3.63, 3.8) is 0 Å². The Morgan fingerprint density at radius 2 is 1.46 bits per heavy atom. The number of sulfonamides is 1.